The van der Waals surface area contributed by atoms with Gasteiger partial charge in [0, 0.05) is 17.7 Å². The Morgan fingerprint density at radius 3 is 2.68 bits per heavy atom. The zero-order chi connectivity index (χ0) is 22.5. The molecule has 1 aromatic carbocycles. The van der Waals surface area contributed by atoms with E-state index in [1.165, 1.54) is 11.3 Å². The highest BCUT2D eigenvalue weighted by Crippen LogP contribution is 2.40. The van der Waals surface area contributed by atoms with Gasteiger partial charge in [-0.05, 0) is 48.8 Å². The zero-order valence-corrected chi connectivity index (χ0v) is 18.8. The lowest BCUT2D eigenvalue weighted by Gasteiger charge is -2.19. The van der Waals surface area contributed by atoms with E-state index < -0.39 is 5.97 Å². The van der Waals surface area contributed by atoms with Crippen molar-refractivity contribution in [1.82, 2.24) is 0 Å². The van der Waals surface area contributed by atoms with Gasteiger partial charge in [-0.15, -0.1) is 11.3 Å². The number of nitrogens with one attached hydrogen (secondary N) is 2. The molecule has 1 aromatic heterocycles. The number of carboxylic acids is 1. The molecule has 166 valence electrons. The third-order valence-corrected chi connectivity index (χ3v) is 6.57. The molecule has 1 heterocycles. The molecule has 1 aliphatic rings. The van der Waals surface area contributed by atoms with Crippen LogP contribution >= 0.6 is 11.3 Å². The third kappa shape index (κ3) is 5.64. The molecule has 7 nitrogen and oxygen atoms in total. The number of carboxylic acid groups (broad SMARTS) is 1. The largest absolute Gasteiger partial charge is 0.495 e. The number of carbonyl (C=O) groups is 3. The number of benzene rings is 1. The molecule has 0 unspecified atom stereocenters. The zero-order valence-electron chi connectivity index (χ0n) is 18.0. The maximum Gasteiger partial charge on any atom is 0.303 e. The summed E-state index contributed by atoms with van der Waals surface area (Å²) in [6, 6.07) is 7.18. The minimum atomic E-state index is -0.933. The average Bonchev–Trinajstić information content (AvgIpc) is 3.04. The van der Waals surface area contributed by atoms with E-state index in [9.17, 15) is 14.4 Å². The van der Waals surface area contributed by atoms with Crippen molar-refractivity contribution in [2.45, 2.75) is 46.0 Å². The van der Waals surface area contributed by atoms with Crippen LogP contribution in [-0.2, 0) is 22.4 Å². The number of para-hydroxylation sites is 2. The molecular formula is C23H28N2O5S. The normalized spacial score (nSPS) is 16.2. The average molecular weight is 445 g/mol. The second-order valence-corrected chi connectivity index (χ2v) is 9.27. The van der Waals surface area contributed by atoms with Crippen molar-refractivity contribution in [3.63, 3.8) is 0 Å². The Kier molecular flexibility index (Phi) is 7.33. The smallest absolute Gasteiger partial charge is 0.303 e. The number of aliphatic carboxylic acids is 1. The Hall–Kier alpha value is -2.87. The standard InChI is InChI=1S/C23H28N2O5S/c1-13-8-9-15-18(10-13)31-23(25-19(26)11-14(2)12-20(27)28)21(15)22(29)24-16-6-4-5-7-17(16)30-3/h4-7,13-14H,8-12H2,1-3H3,(H,24,29)(H,25,26)(H,27,28)/t13-,14-/m1/s1. The molecule has 2 aromatic rings. The van der Waals surface area contributed by atoms with Gasteiger partial charge < -0.3 is 20.5 Å². The highest BCUT2D eigenvalue weighted by Gasteiger charge is 2.29. The number of methoxy groups -OCH3 is 1. The Morgan fingerprint density at radius 1 is 1.23 bits per heavy atom. The second kappa shape index (κ2) is 9.96. The van der Waals surface area contributed by atoms with Crippen molar-refractivity contribution in [2.24, 2.45) is 11.8 Å². The Bertz CT molecular complexity index is 984. The number of thiophene rings is 1. The van der Waals surface area contributed by atoms with Crippen molar-refractivity contribution < 1.29 is 24.2 Å². The maximum absolute atomic E-state index is 13.3. The van der Waals surface area contributed by atoms with Crippen LogP contribution in [0.15, 0.2) is 24.3 Å². The number of rotatable bonds is 8. The van der Waals surface area contributed by atoms with E-state index in [0.29, 0.717) is 27.9 Å². The quantitative estimate of drug-likeness (QED) is 0.553. The molecule has 0 spiro atoms. The molecule has 0 bridgehead atoms. The van der Waals surface area contributed by atoms with E-state index >= 15 is 0 Å². The van der Waals surface area contributed by atoms with Gasteiger partial charge in [0.2, 0.25) is 5.91 Å². The van der Waals surface area contributed by atoms with Crippen LogP contribution in [0, 0.1) is 11.8 Å². The molecule has 1 aliphatic carbocycles. The minimum Gasteiger partial charge on any atom is -0.495 e. The fourth-order valence-corrected chi connectivity index (χ4v) is 5.30. The summed E-state index contributed by atoms with van der Waals surface area (Å²) in [5.74, 6) is -0.718. The highest BCUT2D eigenvalue weighted by molar-refractivity contribution is 7.17. The lowest BCUT2D eigenvalue weighted by molar-refractivity contribution is -0.138. The number of carbonyl (C=O) groups excluding carboxylic acids is 2. The minimum absolute atomic E-state index is 0.0764. The molecule has 0 radical (unpaired) electrons. The van der Waals surface area contributed by atoms with Crippen LogP contribution in [0.4, 0.5) is 10.7 Å². The lowest BCUT2D eigenvalue weighted by Crippen LogP contribution is -2.21. The summed E-state index contributed by atoms with van der Waals surface area (Å²) in [5.41, 5.74) is 2.05. The molecule has 2 amide bonds. The summed E-state index contributed by atoms with van der Waals surface area (Å²) >= 11 is 1.44. The first-order valence-electron chi connectivity index (χ1n) is 10.4. The van der Waals surface area contributed by atoms with Gasteiger partial charge in [-0.3, -0.25) is 14.4 Å². The van der Waals surface area contributed by atoms with Crippen LogP contribution in [0.5, 0.6) is 5.75 Å². The number of amides is 2. The van der Waals surface area contributed by atoms with Crippen molar-refractivity contribution in [2.75, 3.05) is 17.7 Å². The first-order chi connectivity index (χ1) is 14.8. The Labute approximate surface area is 185 Å². The summed E-state index contributed by atoms with van der Waals surface area (Å²) in [6.07, 6.45) is 2.65. The van der Waals surface area contributed by atoms with Crippen molar-refractivity contribution in [3.8, 4) is 5.75 Å². The molecule has 0 fully saturated rings. The molecule has 31 heavy (non-hydrogen) atoms. The van der Waals surface area contributed by atoms with Gasteiger partial charge in [-0.25, -0.2) is 0 Å². The first kappa shape index (κ1) is 22.8. The monoisotopic (exact) mass is 444 g/mol. The number of hydrogen-bond acceptors (Lipinski definition) is 5. The molecule has 8 heteroatoms. The van der Waals surface area contributed by atoms with Crippen LogP contribution in [-0.4, -0.2) is 30.0 Å². The summed E-state index contributed by atoms with van der Waals surface area (Å²) < 4.78 is 5.33. The van der Waals surface area contributed by atoms with E-state index in [-0.39, 0.29) is 30.6 Å². The van der Waals surface area contributed by atoms with Crippen LogP contribution in [0.3, 0.4) is 0 Å². The van der Waals surface area contributed by atoms with Crippen molar-refractivity contribution in [3.05, 3.63) is 40.3 Å². The molecule has 0 saturated heterocycles. The molecule has 0 saturated carbocycles. The number of ether oxygens (including phenoxy) is 1. The molecular weight excluding hydrogens is 416 g/mol. The van der Waals surface area contributed by atoms with E-state index in [1.54, 1.807) is 26.2 Å². The SMILES string of the molecule is COc1ccccc1NC(=O)c1c(NC(=O)C[C@@H](C)CC(=O)O)sc2c1CC[C@@H](C)C2. The van der Waals surface area contributed by atoms with Crippen LogP contribution < -0.4 is 15.4 Å². The van der Waals surface area contributed by atoms with Gasteiger partial charge in [-0.1, -0.05) is 26.0 Å². The van der Waals surface area contributed by atoms with Gasteiger partial charge in [0.05, 0.1) is 18.4 Å². The van der Waals surface area contributed by atoms with Crippen LogP contribution in [0.25, 0.3) is 0 Å². The fraction of sp³-hybridized carbons (Fsp3) is 0.435. The molecule has 2 atom stereocenters. The van der Waals surface area contributed by atoms with Gasteiger partial charge in [-0.2, -0.15) is 0 Å². The summed E-state index contributed by atoms with van der Waals surface area (Å²) in [6.45, 7) is 3.91. The predicted octanol–water partition coefficient (Wildman–Crippen LogP) is 4.57. The molecule has 3 rings (SSSR count). The van der Waals surface area contributed by atoms with Gasteiger partial charge >= 0.3 is 5.97 Å². The van der Waals surface area contributed by atoms with Gasteiger partial charge in [0.15, 0.2) is 0 Å². The van der Waals surface area contributed by atoms with Gasteiger partial charge in [0.1, 0.15) is 10.8 Å². The predicted molar refractivity (Wildman–Crippen MR) is 121 cm³/mol. The van der Waals surface area contributed by atoms with E-state index in [1.807, 2.05) is 12.1 Å². The number of anilines is 2. The maximum atomic E-state index is 13.3. The van der Waals surface area contributed by atoms with E-state index in [0.717, 1.165) is 29.7 Å². The summed E-state index contributed by atoms with van der Waals surface area (Å²) in [7, 11) is 1.54. The number of fused-ring (bicyclic) bond motifs is 1. The first-order valence-corrected chi connectivity index (χ1v) is 11.2. The Morgan fingerprint density at radius 2 is 1.97 bits per heavy atom. The van der Waals surface area contributed by atoms with Crippen molar-refractivity contribution in [1.29, 1.82) is 0 Å². The summed E-state index contributed by atoms with van der Waals surface area (Å²) in [5, 5.41) is 15.3. The van der Waals surface area contributed by atoms with E-state index in [2.05, 4.69) is 17.6 Å². The van der Waals surface area contributed by atoms with Crippen LogP contribution in [0.1, 0.15) is 53.9 Å². The van der Waals surface area contributed by atoms with Gasteiger partial charge in [0.25, 0.3) is 5.91 Å². The molecule has 0 aliphatic heterocycles. The summed E-state index contributed by atoms with van der Waals surface area (Å²) in [4.78, 5) is 37.9. The van der Waals surface area contributed by atoms with Crippen LogP contribution in [0.2, 0.25) is 0 Å². The topological polar surface area (TPSA) is 105 Å². The van der Waals surface area contributed by atoms with Crippen molar-refractivity contribution >= 4 is 39.8 Å². The molecule has 3 N–H and O–H groups in total. The van der Waals surface area contributed by atoms with E-state index in [4.69, 9.17) is 9.84 Å². The number of hydrogen-bond donors (Lipinski definition) is 3. The lowest BCUT2D eigenvalue weighted by atomic mass is 9.88. The Balaban J connectivity index is 1.86. The second-order valence-electron chi connectivity index (χ2n) is 8.17. The highest BCUT2D eigenvalue weighted by atomic mass is 32.1. The fourth-order valence-electron chi connectivity index (χ4n) is 3.88. The third-order valence-electron chi connectivity index (χ3n) is 5.40.